The van der Waals surface area contributed by atoms with Gasteiger partial charge in [-0.05, 0) is 43.4 Å². The van der Waals surface area contributed by atoms with Gasteiger partial charge >= 0.3 is 0 Å². The molecule has 2 aliphatic heterocycles. The van der Waals surface area contributed by atoms with Gasteiger partial charge in [0.05, 0.1) is 6.61 Å². The Balaban J connectivity index is 1.66. The summed E-state index contributed by atoms with van der Waals surface area (Å²) in [6.45, 7) is 3.78. The van der Waals surface area contributed by atoms with Gasteiger partial charge < -0.3 is 15.2 Å². The molecular weight excluding hydrogens is 330 g/mol. The highest BCUT2D eigenvalue weighted by Gasteiger charge is 2.54. The molecule has 3 atom stereocenters. The number of hydrogen-bond acceptors (Lipinski definition) is 5. The topological polar surface area (TPSA) is 77.7 Å². The summed E-state index contributed by atoms with van der Waals surface area (Å²) in [7, 11) is 1.81. The molecule has 2 bridgehead atoms. The number of aromatic nitrogens is 1. The van der Waals surface area contributed by atoms with Crippen LogP contribution in [0.15, 0.2) is 18.3 Å². The highest BCUT2D eigenvalue weighted by Crippen LogP contribution is 2.52. The Morgan fingerprint density at radius 1 is 1.31 bits per heavy atom. The number of carbonyl (C=O) groups is 1. The van der Waals surface area contributed by atoms with Gasteiger partial charge in [-0.1, -0.05) is 6.42 Å². The van der Waals surface area contributed by atoms with Crippen molar-refractivity contribution in [3.05, 3.63) is 29.6 Å². The van der Waals surface area contributed by atoms with Gasteiger partial charge in [0.1, 0.15) is 11.3 Å². The highest BCUT2D eigenvalue weighted by atomic mass is 16.5. The Hall–Kier alpha value is -1.50. The summed E-state index contributed by atoms with van der Waals surface area (Å²) in [5.74, 6) is 0.329. The molecule has 6 heteroatoms. The van der Waals surface area contributed by atoms with Crippen LogP contribution in [0.4, 0.5) is 0 Å². The standard InChI is InChI=1S/C20H29N3O3/c1-25-20(14-7-8-22-18(10-14)19(21)24)15-4-2-5-16(20)12-23(11-15)17-6-3-9-26-13-17/h7-8,10,15-17H,2-6,9,11-13H2,1H3,(H2,21,24)/t15?,16?,17-,20?/m0/s1. The minimum absolute atomic E-state index is 0.320. The molecule has 3 fully saturated rings. The second-order valence-corrected chi connectivity index (χ2v) is 7.94. The minimum Gasteiger partial charge on any atom is -0.380 e. The summed E-state index contributed by atoms with van der Waals surface area (Å²) in [6, 6.07) is 4.37. The summed E-state index contributed by atoms with van der Waals surface area (Å²) in [5, 5.41) is 0. The average molecular weight is 359 g/mol. The second-order valence-electron chi connectivity index (χ2n) is 7.94. The Kier molecular flexibility index (Phi) is 4.99. The first-order chi connectivity index (χ1) is 12.6. The van der Waals surface area contributed by atoms with E-state index in [-0.39, 0.29) is 5.60 Å². The largest absolute Gasteiger partial charge is 0.380 e. The van der Waals surface area contributed by atoms with E-state index in [1.165, 1.54) is 12.8 Å². The van der Waals surface area contributed by atoms with Crippen LogP contribution in [0.3, 0.4) is 0 Å². The number of carbonyl (C=O) groups excluding carboxylic acids is 1. The van der Waals surface area contributed by atoms with Crippen molar-refractivity contribution in [3.63, 3.8) is 0 Å². The zero-order chi connectivity index (χ0) is 18.1. The third-order valence-electron chi connectivity index (χ3n) is 6.68. The maximum atomic E-state index is 11.6. The number of nitrogens with two attached hydrogens (primary N) is 1. The van der Waals surface area contributed by atoms with Gasteiger partial charge in [-0.2, -0.15) is 0 Å². The van der Waals surface area contributed by atoms with Gasteiger partial charge in [-0.25, -0.2) is 0 Å². The summed E-state index contributed by atoms with van der Waals surface area (Å²) in [5.41, 5.74) is 6.49. The molecule has 1 aromatic rings. The normalized spacial score (nSPS) is 35.2. The Labute approximate surface area is 155 Å². The van der Waals surface area contributed by atoms with Crippen molar-refractivity contribution in [2.75, 3.05) is 33.4 Å². The number of hydrogen-bond donors (Lipinski definition) is 1. The number of piperidine rings is 1. The van der Waals surface area contributed by atoms with Crippen molar-refractivity contribution >= 4 is 5.91 Å². The molecule has 6 nitrogen and oxygen atoms in total. The number of pyridine rings is 1. The average Bonchev–Trinajstić information content (AvgIpc) is 2.67. The van der Waals surface area contributed by atoms with E-state index in [2.05, 4.69) is 9.88 Å². The quantitative estimate of drug-likeness (QED) is 0.889. The van der Waals surface area contributed by atoms with Crippen LogP contribution in [0.25, 0.3) is 0 Å². The number of amides is 1. The SMILES string of the molecule is COC1(c2ccnc(C(N)=O)c2)C2CCCC1CN([C@H]1CCCOC1)C2. The third-order valence-corrected chi connectivity index (χ3v) is 6.68. The van der Waals surface area contributed by atoms with Gasteiger partial charge in [0.25, 0.3) is 5.91 Å². The van der Waals surface area contributed by atoms with Crippen LogP contribution in [0.5, 0.6) is 0 Å². The summed E-state index contributed by atoms with van der Waals surface area (Å²) in [6.07, 6.45) is 7.58. The Morgan fingerprint density at radius 2 is 2.08 bits per heavy atom. The zero-order valence-electron chi connectivity index (χ0n) is 15.5. The molecule has 3 heterocycles. The number of ether oxygens (including phenoxy) is 2. The van der Waals surface area contributed by atoms with Crippen LogP contribution >= 0.6 is 0 Å². The van der Waals surface area contributed by atoms with Crippen molar-refractivity contribution in [2.45, 2.75) is 43.7 Å². The lowest BCUT2D eigenvalue weighted by Crippen LogP contribution is -2.61. The fourth-order valence-electron chi connectivity index (χ4n) is 5.51. The number of methoxy groups -OCH3 is 1. The molecular formula is C20H29N3O3. The molecule has 0 spiro atoms. The van der Waals surface area contributed by atoms with Crippen molar-refractivity contribution in [2.24, 2.45) is 17.6 Å². The van der Waals surface area contributed by atoms with Crippen LogP contribution < -0.4 is 5.73 Å². The first-order valence-electron chi connectivity index (χ1n) is 9.78. The Morgan fingerprint density at radius 3 is 2.69 bits per heavy atom. The van der Waals surface area contributed by atoms with E-state index in [0.717, 1.165) is 51.1 Å². The van der Waals surface area contributed by atoms with E-state index in [4.69, 9.17) is 15.2 Å². The van der Waals surface area contributed by atoms with Crippen molar-refractivity contribution in [1.29, 1.82) is 0 Å². The van der Waals surface area contributed by atoms with Gasteiger partial charge in [0.2, 0.25) is 0 Å². The summed E-state index contributed by atoms with van der Waals surface area (Å²) >= 11 is 0. The lowest BCUT2D eigenvalue weighted by Gasteiger charge is -2.57. The molecule has 4 rings (SSSR count). The first-order valence-corrected chi connectivity index (χ1v) is 9.78. The third kappa shape index (κ3) is 2.94. The van der Waals surface area contributed by atoms with Gasteiger partial charge in [0, 0.05) is 50.9 Å². The molecule has 1 amide bonds. The number of likely N-dealkylation sites (tertiary alicyclic amines) is 1. The molecule has 3 aliphatic rings. The first kappa shape index (κ1) is 17.9. The van der Waals surface area contributed by atoms with E-state index in [0.29, 0.717) is 23.6 Å². The van der Waals surface area contributed by atoms with Crippen molar-refractivity contribution in [1.82, 2.24) is 9.88 Å². The molecule has 2 saturated heterocycles. The van der Waals surface area contributed by atoms with Crippen LogP contribution in [-0.2, 0) is 15.1 Å². The molecule has 1 aromatic heterocycles. The monoisotopic (exact) mass is 359 g/mol. The van der Waals surface area contributed by atoms with Crippen LogP contribution in [0, 0.1) is 11.8 Å². The summed E-state index contributed by atoms with van der Waals surface area (Å²) < 4.78 is 12.0. The molecule has 142 valence electrons. The molecule has 2 unspecified atom stereocenters. The second kappa shape index (κ2) is 7.25. The predicted octanol–water partition coefficient (Wildman–Crippen LogP) is 1.93. The summed E-state index contributed by atoms with van der Waals surface area (Å²) in [4.78, 5) is 18.4. The highest BCUT2D eigenvalue weighted by molar-refractivity contribution is 5.90. The number of fused-ring (bicyclic) bond motifs is 2. The Bertz CT molecular complexity index is 645. The number of nitrogens with zero attached hydrogens (tertiary/aromatic N) is 2. The fraction of sp³-hybridized carbons (Fsp3) is 0.700. The lowest BCUT2D eigenvalue weighted by molar-refractivity contribution is -0.179. The van der Waals surface area contributed by atoms with Crippen molar-refractivity contribution in [3.8, 4) is 0 Å². The molecule has 0 radical (unpaired) electrons. The number of primary amides is 1. The van der Waals surface area contributed by atoms with Gasteiger partial charge in [-0.15, -0.1) is 0 Å². The lowest BCUT2D eigenvalue weighted by atomic mass is 9.62. The van der Waals surface area contributed by atoms with Gasteiger partial charge in [-0.3, -0.25) is 14.7 Å². The van der Waals surface area contributed by atoms with Crippen LogP contribution in [0.2, 0.25) is 0 Å². The molecule has 26 heavy (non-hydrogen) atoms. The smallest absolute Gasteiger partial charge is 0.267 e. The van der Waals surface area contributed by atoms with Crippen molar-refractivity contribution < 1.29 is 14.3 Å². The van der Waals surface area contributed by atoms with Gasteiger partial charge in [0.15, 0.2) is 0 Å². The molecule has 0 aromatic carbocycles. The van der Waals surface area contributed by atoms with E-state index in [1.807, 2.05) is 19.2 Å². The maximum Gasteiger partial charge on any atom is 0.267 e. The molecule has 2 N–H and O–H groups in total. The van der Waals surface area contributed by atoms with E-state index in [9.17, 15) is 4.79 Å². The fourth-order valence-corrected chi connectivity index (χ4v) is 5.51. The van der Waals surface area contributed by atoms with E-state index in [1.54, 1.807) is 6.20 Å². The molecule has 1 saturated carbocycles. The molecule has 1 aliphatic carbocycles. The maximum absolute atomic E-state index is 11.6. The van der Waals surface area contributed by atoms with E-state index >= 15 is 0 Å². The van der Waals surface area contributed by atoms with Crippen LogP contribution in [0.1, 0.15) is 48.2 Å². The van der Waals surface area contributed by atoms with E-state index < -0.39 is 5.91 Å². The minimum atomic E-state index is -0.486. The van der Waals surface area contributed by atoms with Crippen LogP contribution in [-0.4, -0.2) is 55.2 Å². The number of rotatable bonds is 4. The zero-order valence-corrected chi connectivity index (χ0v) is 15.5. The predicted molar refractivity (Wildman–Crippen MR) is 97.7 cm³/mol.